The molecule has 0 aromatic heterocycles. The minimum atomic E-state index is -0.645. The number of ether oxygens (including phenoxy) is 1. The standard InChI is InChI=1S/C18H13Cl2N3O3/c1-26-18(25)13-4-2-3-5-16(13)22-10-11(9-21)17(24)23-12-6-7-14(19)15(20)8-12/h2-8,10,22H,1H3,(H,23,24)/b11-10-. The molecule has 6 nitrogen and oxygen atoms in total. The number of carbonyl (C=O) groups is 2. The van der Waals surface area contributed by atoms with Crippen molar-refractivity contribution in [3.8, 4) is 6.07 Å². The van der Waals surface area contributed by atoms with Crippen LogP contribution in [-0.2, 0) is 9.53 Å². The number of rotatable bonds is 5. The van der Waals surface area contributed by atoms with Crippen LogP contribution in [0.3, 0.4) is 0 Å². The van der Waals surface area contributed by atoms with Crippen molar-refractivity contribution in [2.45, 2.75) is 0 Å². The zero-order valence-corrected chi connectivity index (χ0v) is 15.1. The normalized spacial score (nSPS) is 10.6. The molecule has 2 aromatic carbocycles. The van der Waals surface area contributed by atoms with Gasteiger partial charge in [0.05, 0.1) is 28.4 Å². The second kappa shape index (κ2) is 8.90. The molecule has 2 rings (SSSR count). The number of para-hydroxylation sites is 1. The molecule has 0 fully saturated rings. The molecule has 0 bridgehead atoms. The topological polar surface area (TPSA) is 91.2 Å². The number of benzene rings is 2. The summed E-state index contributed by atoms with van der Waals surface area (Å²) in [6.45, 7) is 0. The summed E-state index contributed by atoms with van der Waals surface area (Å²) >= 11 is 11.7. The Hall–Kier alpha value is -3.01. The first-order chi connectivity index (χ1) is 12.5. The molecule has 0 unspecified atom stereocenters. The van der Waals surface area contributed by atoms with E-state index in [2.05, 4.69) is 10.6 Å². The fourth-order valence-electron chi connectivity index (χ4n) is 1.97. The summed E-state index contributed by atoms with van der Waals surface area (Å²) in [5.41, 5.74) is 0.860. The molecule has 0 saturated heterocycles. The number of amides is 1. The first-order valence-corrected chi connectivity index (χ1v) is 8.02. The smallest absolute Gasteiger partial charge is 0.339 e. The van der Waals surface area contributed by atoms with Gasteiger partial charge in [0, 0.05) is 11.9 Å². The molecule has 2 N–H and O–H groups in total. The lowest BCUT2D eigenvalue weighted by atomic mass is 10.2. The first kappa shape index (κ1) is 19.3. The summed E-state index contributed by atoms with van der Waals surface area (Å²) in [6.07, 6.45) is 1.20. The van der Waals surface area contributed by atoms with E-state index in [0.29, 0.717) is 16.4 Å². The van der Waals surface area contributed by atoms with Crippen molar-refractivity contribution in [1.29, 1.82) is 5.26 Å². The minimum Gasteiger partial charge on any atom is -0.465 e. The van der Waals surface area contributed by atoms with E-state index < -0.39 is 11.9 Å². The van der Waals surface area contributed by atoms with E-state index in [1.54, 1.807) is 36.4 Å². The summed E-state index contributed by atoms with van der Waals surface area (Å²) in [6, 6.07) is 12.9. The second-order valence-electron chi connectivity index (χ2n) is 4.93. The van der Waals surface area contributed by atoms with E-state index in [1.807, 2.05) is 0 Å². The van der Waals surface area contributed by atoms with Crippen LogP contribution in [0.5, 0.6) is 0 Å². The molecule has 1 amide bonds. The molecule has 132 valence electrons. The number of hydrogen-bond acceptors (Lipinski definition) is 5. The third kappa shape index (κ3) is 4.76. The van der Waals surface area contributed by atoms with Crippen LogP contribution >= 0.6 is 23.2 Å². The van der Waals surface area contributed by atoms with Crippen molar-refractivity contribution < 1.29 is 14.3 Å². The quantitative estimate of drug-likeness (QED) is 0.453. The Labute approximate surface area is 160 Å². The summed E-state index contributed by atoms with van der Waals surface area (Å²) in [5, 5.41) is 15.2. The molecule has 0 atom stereocenters. The van der Waals surface area contributed by atoms with Crippen LogP contribution in [0.25, 0.3) is 0 Å². The van der Waals surface area contributed by atoms with E-state index in [0.717, 1.165) is 0 Å². The monoisotopic (exact) mass is 389 g/mol. The van der Waals surface area contributed by atoms with Crippen molar-refractivity contribution in [2.24, 2.45) is 0 Å². The van der Waals surface area contributed by atoms with E-state index >= 15 is 0 Å². The molecule has 26 heavy (non-hydrogen) atoms. The SMILES string of the molecule is COC(=O)c1ccccc1N/C=C(/C#N)C(=O)Nc1ccc(Cl)c(Cl)c1. The summed E-state index contributed by atoms with van der Waals surface area (Å²) in [4.78, 5) is 24.0. The molecular weight excluding hydrogens is 377 g/mol. The van der Waals surface area contributed by atoms with Gasteiger partial charge in [-0.15, -0.1) is 0 Å². The van der Waals surface area contributed by atoms with E-state index in [4.69, 9.17) is 27.9 Å². The fraction of sp³-hybridized carbons (Fsp3) is 0.0556. The molecule has 0 aliphatic rings. The third-order valence-electron chi connectivity index (χ3n) is 3.25. The van der Waals surface area contributed by atoms with E-state index in [-0.39, 0.29) is 16.2 Å². The maximum absolute atomic E-state index is 12.2. The number of nitrogens with one attached hydrogen (secondary N) is 2. The summed E-state index contributed by atoms with van der Waals surface area (Å²) < 4.78 is 4.69. The number of carbonyl (C=O) groups excluding carboxylic acids is 2. The maximum Gasteiger partial charge on any atom is 0.339 e. The zero-order valence-electron chi connectivity index (χ0n) is 13.5. The molecule has 2 aromatic rings. The number of esters is 1. The highest BCUT2D eigenvalue weighted by Crippen LogP contribution is 2.25. The first-order valence-electron chi connectivity index (χ1n) is 7.26. The Balaban J connectivity index is 2.18. The fourth-order valence-corrected chi connectivity index (χ4v) is 2.27. The van der Waals surface area contributed by atoms with Crippen molar-refractivity contribution in [2.75, 3.05) is 17.7 Å². The van der Waals surface area contributed by atoms with Gasteiger partial charge in [-0.05, 0) is 30.3 Å². The minimum absolute atomic E-state index is 0.198. The van der Waals surface area contributed by atoms with E-state index in [9.17, 15) is 14.9 Å². The number of nitriles is 1. The van der Waals surface area contributed by atoms with Crippen LogP contribution in [0.4, 0.5) is 11.4 Å². The second-order valence-corrected chi connectivity index (χ2v) is 5.75. The lowest BCUT2D eigenvalue weighted by Crippen LogP contribution is -2.15. The Morgan fingerprint density at radius 1 is 1.15 bits per heavy atom. The maximum atomic E-state index is 12.2. The highest BCUT2D eigenvalue weighted by Gasteiger charge is 2.13. The predicted octanol–water partition coefficient (Wildman–Crippen LogP) is 4.24. The van der Waals surface area contributed by atoms with Gasteiger partial charge in [-0.25, -0.2) is 4.79 Å². The van der Waals surface area contributed by atoms with Crippen LogP contribution in [0, 0.1) is 11.3 Å². The molecule has 0 radical (unpaired) electrons. The van der Waals surface area contributed by atoms with E-state index in [1.165, 1.54) is 25.4 Å². The average Bonchev–Trinajstić information content (AvgIpc) is 2.65. The summed E-state index contributed by atoms with van der Waals surface area (Å²) in [7, 11) is 1.26. The van der Waals surface area contributed by atoms with Gasteiger partial charge in [0.15, 0.2) is 0 Å². The Kier molecular flexibility index (Phi) is 6.61. The van der Waals surface area contributed by atoms with Crippen LogP contribution in [0.1, 0.15) is 10.4 Å². The van der Waals surface area contributed by atoms with Gasteiger partial charge in [-0.3, -0.25) is 4.79 Å². The Morgan fingerprint density at radius 2 is 1.88 bits per heavy atom. The number of halogens is 2. The molecule has 8 heteroatoms. The van der Waals surface area contributed by atoms with Crippen molar-refractivity contribution >= 4 is 46.5 Å². The van der Waals surface area contributed by atoms with Gasteiger partial charge >= 0.3 is 5.97 Å². The third-order valence-corrected chi connectivity index (χ3v) is 3.99. The molecule has 0 spiro atoms. The van der Waals surface area contributed by atoms with Gasteiger partial charge in [-0.2, -0.15) is 5.26 Å². The number of hydrogen-bond donors (Lipinski definition) is 2. The van der Waals surface area contributed by atoms with Crippen LogP contribution in [0.15, 0.2) is 54.2 Å². The number of anilines is 2. The molecular formula is C18H13Cl2N3O3. The highest BCUT2D eigenvalue weighted by atomic mass is 35.5. The number of methoxy groups -OCH3 is 1. The predicted molar refractivity (Wildman–Crippen MR) is 100 cm³/mol. The van der Waals surface area contributed by atoms with Gasteiger partial charge in [0.1, 0.15) is 11.6 Å². The van der Waals surface area contributed by atoms with Crippen molar-refractivity contribution in [3.05, 3.63) is 69.8 Å². The highest BCUT2D eigenvalue weighted by molar-refractivity contribution is 6.42. The lowest BCUT2D eigenvalue weighted by Gasteiger charge is -2.08. The van der Waals surface area contributed by atoms with Gasteiger partial charge < -0.3 is 15.4 Å². The van der Waals surface area contributed by atoms with Gasteiger partial charge in [0.25, 0.3) is 5.91 Å². The Bertz CT molecular complexity index is 920. The van der Waals surface area contributed by atoms with Crippen LogP contribution in [0.2, 0.25) is 10.0 Å². The number of nitrogens with zero attached hydrogens (tertiary/aromatic N) is 1. The van der Waals surface area contributed by atoms with Crippen LogP contribution in [-0.4, -0.2) is 19.0 Å². The lowest BCUT2D eigenvalue weighted by molar-refractivity contribution is -0.112. The molecule has 0 heterocycles. The van der Waals surface area contributed by atoms with Gasteiger partial charge in [-0.1, -0.05) is 35.3 Å². The molecule has 0 saturated carbocycles. The van der Waals surface area contributed by atoms with Gasteiger partial charge in [0.2, 0.25) is 0 Å². The largest absolute Gasteiger partial charge is 0.465 e. The molecule has 0 aliphatic carbocycles. The zero-order chi connectivity index (χ0) is 19.1. The van der Waals surface area contributed by atoms with Crippen LogP contribution < -0.4 is 10.6 Å². The van der Waals surface area contributed by atoms with Crippen molar-refractivity contribution in [1.82, 2.24) is 0 Å². The average molecular weight is 390 g/mol. The Morgan fingerprint density at radius 3 is 2.54 bits per heavy atom. The summed E-state index contributed by atoms with van der Waals surface area (Å²) in [5.74, 6) is -1.19. The van der Waals surface area contributed by atoms with Crippen molar-refractivity contribution in [3.63, 3.8) is 0 Å². The molecule has 0 aliphatic heterocycles.